The quantitative estimate of drug-likeness (QED) is 0.786. The molecule has 0 amide bonds. The number of rotatable bonds is 1. The predicted octanol–water partition coefficient (Wildman–Crippen LogP) is 2.69. The van der Waals surface area contributed by atoms with Crippen molar-refractivity contribution in [3.8, 4) is 0 Å². The molecule has 4 heteroatoms. The number of hydrogen-bond acceptors (Lipinski definition) is 2. The molecule has 1 aromatic heterocycles. The molecule has 0 aliphatic heterocycles. The summed E-state index contributed by atoms with van der Waals surface area (Å²) in [5, 5.41) is 0. The zero-order chi connectivity index (χ0) is 10.3. The number of benzene rings is 1. The third kappa shape index (κ3) is 1.30. The fraction of sp³-hybridized carbons (Fsp3) is 0.300. The Morgan fingerprint density at radius 3 is 2.86 bits per heavy atom. The maximum atomic E-state index is 11.4. The summed E-state index contributed by atoms with van der Waals surface area (Å²) in [7, 11) is 0. The molecule has 14 heavy (non-hydrogen) atoms. The second kappa shape index (κ2) is 3.28. The lowest BCUT2D eigenvalue weighted by molar-refractivity contribution is 0.513. The Bertz CT molecular complexity index is 539. The van der Waals surface area contributed by atoms with E-state index in [2.05, 4.69) is 15.9 Å². The summed E-state index contributed by atoms with van der Waals surface area (Å²) in [6, 6.07) is 3.78. The van der Waals surface area contributed by atoms with Crippen LogP contribution in [0, 0.1) is 6.92 Å². The molecular weight excluding hydrogens is 246 g/mol. The van der Waals surface area contributed by atoms with Crippen LogP contribution in [0.15, 0.2) is 25.8 Å². The zero-order valence-corrected chi connectivity index (χ0v) is 9.59. The Balaban J connectivity index is 2.89. The molecule has 0 N–H and O–H groups in total. The molecule has 74 valence electrons. The Morgan fingerprint density at radius 2 is 2.21 bits per heavy atom. The van der Waals surface area contributed by atoms with E-state index in [9.17, 15) is 4.79 Å². The van der Waals surface area contributed by atoms with Crippen molar-refractivity contribution in [1.82, 2.24) is 4.57 Å². The molecule has 1 aromatic carbocycles. The normalized spacial score (nSPS) is 11.1. The number of aryl methyl sites for hydroxylation is 2. The van der Waals surface area contributed by atoms with Crippen molar-refractivity contribution in [1.29, 1.82) is 0 Å². The van der Waals surface area contributed by atoms with Crippen LogP contribution in [0.1, 0.15) is 12.5 Å². The van der Waals surface area contributed by atoms with Crippen molar-refractivity contribution in [3.63, 3.8) is 0 Å². The first-order valence-electron chi connectivity index (χ1n) is 4.43. The molecule has 3 nitrogen and oxygen atoms in total. The van der Waals surface area contributed by atoms with Gasteiger partial charge >= 0.3 is 5.76 Å². The van der Waals surface area contributed by atoms with Gasteiger partial charge in [0.05, 0.1) is 5.52 Å². The lowest BCUT2D eigenvalue weighted by atomic mass is 10.2. The Hall–Kier alpha value is -1.03. The summed E-state index contributed by atoms with van der Waals surface area (Å²) in [5.41, 5.74) is 2.56. The molecule has 0 fully saturated rings. The van der Waals surface area contributed by atoms with Crippen molar-refractivity contribution < 1.29 is 4.42 Å². The third-order valence-electron chi connectivity index (χ3n) is 2.26. The van der Waals surface area contributed by atoms with E-state index >= 15 is 0 Å². The van der Waals surface area contributed by atoms with Crippen molar-refractivity contribution in [2.75, 3.05) is 0 Å². The van der Waals surface area contributed by atoms with E-state index in [1.165, 1.54) is 0 Å². The smallest absolute Gasteiger partial charge is 0.408 e. The van der Waals surface area contributed by atoms with Crippen LogP contribution < -0.4 is 5.76 Å². The molecule has 0 unspecified atom stereocenters. The first-order chi connectivity index (χ1) is 6.63. The van der Waals surface area contributed by atoms with Crippen LogP contribution in [0.2, 0.25) is 0 Å². The van der Waals surface area contributed by atoms with Crippen LogP contribution in [0.3, 0.4) is 0 Å². The third-order valence-corrected chi connectivity index (χ3v) is 3.12. The highest BCUT2D eigenvalue weighted by Gasteiger charge is 2.09. The van der Waals surface area contributed by atoms with Gasteiger partial charge in [-0.3, -0.25) is 4.57 Å². The van der Waals surface area contributed by atoms with Gasteiger partial charge in [0.15, 0.2) is 5.58 Å². The number of halogens is 1. The SMILES string of the molecule is CCn1c(=O)oc2cc(C)c(Br)cc21. The number of fused-ring (bicyclic) bond motifs is 1. The summed E-state index contributed by atoms with van der Waals surface area (Å²) in [5.74, 6) is -0.292. The van der Waals surface area contributed by atoms with Crippen LogP contribution in [0.4, 0.5) is 0 Å². The van der Waals surface area contributed by atoms with Crippen molar-refractivity contribution in [2.24, 2.45) is 0 Å². The van der Waals surface area contributed by atoms with Gasteiger partial charge in [0, 0.05) is 11.0 Å². The maximum Gasteiger partial charge on any atom is 0.419 e. The van der Waals surface area contributed by atoms with Crippen LogP contribution >= 0.6 is 15.9 Å². The summed E-state index contributed by atoms with van der Waals surface area (Å²) < 4.78 is 7.72. The second-order valence-corrected chi connectivity index (χ2v) is 4.04. The first-order valence-corrected chi connectivity index (χ1v) is 5.22. The molecule has 0 aliphatic carbocycles. The fourth-order valence-corrected chi connectivity index (χ4v) is 1.82. The number of aromatic nitrogens is 1. The lowest BCUT2D eigenvalue weighted by Crippen LogP contribution is -2.11. The van der Waals surface area contributed by atoms with Gasteiger partial charge in [-0.1, -0.05) is 15.9 Å². The monoisotopic (exact) mass is 255 g/mol. The standard InChI is InChI=1S/C10H10BrNO2/c1-3-12-8-5-7(11)6(2)4-9(8)14-10(12)13/h4-5H,3H2,1-2H3. The van der Waals surface area contributed by atoms with Crippen molar-refractivity contribution in [2.45, 2.75) is 20.4 Å². The molecule has 0 saturated heterocycles. The van der Waals surface area contributed by atoms with Gasteiger partial charge in [-0.05, 0) is 31.5 Å². The van der Waals surface area contributed by atoms with Crippen LogP contribution in [-0.2, 0) is 6.54 Å². The van der Waals surface area contributed by atoms with Gasteiger partial charge in [-0.15, -0.1) is 0 Å². The number of nitrogens with zero attached hydrogens (tertiary/aromatic N) is 1. The first kappa shape index (κ1) is 9.52. The topological polar surface area (TPSA) is 35.1 Å². The molecule has 0 spiro atoms. The van der Waals surface area contributed by atoms with E-state index in [0.717, 1.165) is 15.6 Å². The van der Waals surface area contributed by atoms with E-state index < -0.39 is 0 Å². The van der Waals surface area contributed by atoms with E-state index in [4.69, 9.17) is 4.42 Å². The van der Waals surface area contributed by atoms with Gasteiger partial charge in [0.25, 0.3) is 0 Å². The average Bonchev–Trinajstić information content (AvgIpc) is 2.42. The Kier molecular flexibility index (Phi) is 2.23. The van der Waals surface area contributed by atoms with Crippen molar-refractivity contribution >= 4 is 27.0 Å². The molecule has 1 heterocycles. The zero-order valence-electron chi connectivity index (χ0n) is 8.00. The number of hydrogen-bond donors (Lipinski definition) is 0. The minimum Gasteiger partial charge on any atom is -0.408 e. The summed E-state index contributed by atoms with van der Waals surface area (Å²) in [4.78, 5) is 11.4. The minimum atomic E-state index is -0.292. The van der Waals surface area contributed by atoms with E-state index in [-0.39, 0.29) is 5.76 Å². The number of oxazole rings is 1. The highest BCUT2D eigenvalue weighted by atomic mass is 79.9. The summed E-state index contributed by atoms with van der Waals surface area (Å²) in [6.45, 7) is 4.51. The molecule has 0 aliphatic rings. The maximum absolute atomic E-state index is 11.4. The summed E-state index contributed by atoms with van der Waals surface area (Å²) in [6.07, 6.45) is 0. The second-order valence-electron chi connectivity index (χ2n) is 3.18. The van der Waals surface area contributed by atoms with E-state index in [1.807, 2.05) is 26.0 Å². The molecule has 0 radical (unpaired) electrons. The lowest BCUT2D eigenvalue weighted by Gasteiger charge is -1.99. The van der Waals surface area contributed by atoms with E-state index in [1.54, 1.807) is 4.57 Å². The average molecular weight is 256 g/mol. The summed E-state index contributed by atoms with van der Waals surface area (Å²) >= 11 is 3.43. The van der Waals surface area contributed by atoms with Crippen LogP contribution in [0.5, 0.6) is 0 Å². The van der Waals surface area contributed by atoms with E-state index in [0.29, 0.717) is 12.1 Å². The molecule has 2 rings (SSSR count). The predicted molar refractivity (Wildman–Crippen MR) is 58.6 cm³/mol. The Labute approximate surface area is 89.5 Å². The minimum absolute atomic E-state index is 0.292. The van der Waals surface area contributed by atoms with Crippen LogP contribution in [0.25, 0.3) is 11.1 Å². The molecule has 0 bridgehead atoms. The van der Waals surface area contributed by atoms with Gasteiger partial charge in [0.1, 0.15) is 0 Å². The highest BCUT2D eigenvalue weighted by molar-refractivity contribution is 9.10. The molecule has 0 saturated carbocycles. The highest BCUT2D eigenvalue weighted by Crippen LogP contribution is 2.23. The molecular formula is C10H10BrNO2. The molecule has 2 aromatic rings. The molecule has 0 atom stereocenters. The van der Waals surface area contributed by atoms with Gasteiger partial charge in [0.2, 0.25) is 0 Å². The largest absolute Gasteiger partial charge is 0.419 e. The van der Waals surface area contributed by atoms with Gasteiger partial charge < -0.3 is 4.42 Å². The fourth-order valence-electron chi connectivity index (χ4n) is 1.48. The Morgan fingerprint density at radius 1 is 1.50 bits per heavy atom. The van der Waals surface area contributed by atoms with Gasteiger partial charge in [-0.25, -0.2) is 4.79 Å². The van der Waals surface area contributed by atoms with Crippen molar-refractivity contribution in [3.05, 3.63) is 32.7 Å². The van der Waals surface area contributed by atoms with Gasteiger partial charge in [-0.2, -0.15) is 0 Å². The van der Waals surface area contributed by atoms with Crippen LogP contribution in [-0.4, -0.2) is 4.57 Å².